The summed E-state index contributed by atoms with van der Waals surface area (Å²) in [5.74, 6) is 0. The van der Waals surface area contributed by atoms with E-state index in [1.165, 1.54) is 6.07 Å². The third-order valence-electron chi connectivity index (χ3n) is 3.05. The average Bonchev–Trinajstić information content (AvgIpc) is 2.84. The van der Waals surface area contributed by atoms with Crippen LogP contribution in [0.1, 0.15) is 12.5 Å². The molecule has 0 bridgehead atoms. The van der Waals surface area contributed by atoms with Crippen LogP contribution in [0.5, 0.6) is 0 Å². The number of hydrogen-bond acceptors (Lipinski definition) is 5. The van der Waals surface area contributed by atoms with Crippen LogP contribution in [-0.4, -0.2) is 26.4 Å². The van der Waals surface area contributed by atoms with Gasteiger partial charge < -0.3 is 10.4 Å². The molecule has 1 heterocycles. The molecule has 0 radical (unpaired) electrons. The summed E-state index contributed by atoms with van der Waals surface area (Å²) in [5.41, 5.74) is -0.167. The minimum absolute atomic E-state index is 0.0190. The molecule has 106 valence electrons. The van der Waals surface area contributed by atoms with Gasteiger partial charge in [0.15, 0.2) is 0 Å². The standard InChI is InChI=1S/C13H16N4O3/c1-13(18,10-7-15-16(2)8-10)9-14-11-5-3-4-6-12(11)17(19)20/h3-8,14,18H,9H2,1-2H3/t13-/m1/s1. The molecule has 0 saturated heterocycles. The first kappa shape index (κ1) is 14.0. The Morgan fingerprint density at radius 3 is 2.80 bits per heavy atom. The monoisotopic (exact) mass is 276 g/mol. The highest BCUT2D eigenvalue weighted by Crippen LogP contribution is 2.26. The topological polar surface area (TPSA) is 93.2 Å². The number of anilines is 1. The van der Waals surface area contributed by atoms with Crippen LogP contribution in [0.3, 0.4) is 0 Å². The summed E-state index contributed by atoms with van der Waals surface area (Å²) in [4.78, 5) is 10.5. The lowest BCUT2D eigenvalue weighted by Crippen LogP contribution is -2.30. The molecule has 2 N–H and O–H groups in total. The maximum absolute atomic E-state index is 10.9. The molecule has 2 rings (SSSR count). The third-order valence-corrected chi connectivity index (χ3v) is 3.05. The van der Waals surface area contributed by atoms with Gasteiger partial charge in [0.05, 0.1) is 11.1 Å². The van der Waals surface area contributed by atoms with Crippen molar-refractivity contribution in [1.29, 1.82) is 0 Å². The summed E-state index contributed by atoms with van der Waals surface area (Å²) in [5, 5.41) is 28.2. The van der Waals surface area contributed by atoms with Crippen molar-refractivity contribution in [3.05, 3.63) is 52.3 Å². The van der Waals surface area contributed by atoms with Crippen LogP contribution in [0.2, 0.25) is 0 Å². The van der Waals surface area contributed by atoms with Crippen molar-refractivity contribution in [2.24, 2.45) is 7.05 Å². The zero-order chi connectivity index (χ0) is 14.8. The first-order chi connectivity index (χ1) is 9.40. The molecule has 7 nitrogen and oxygen atoms in total. The van der Waals surface area contributed by atoms with Crippen molar-refractivity contribution in [1.82, 2.24) is 9.78 Å². The highest BCUT2D eigenvalue weighted by molar-refractivity contribution is 5.61. The number of aromatic nitrogens is 2. The van der Waals surface area contributed by atoms with Gasteiger partial charge in [0.25, 0.3) is 5.69 Å². The van der Waals surface area contributed by atoms with Crippen LogP contribution >= 0.6 is 0 Å². The van der Waals surface area contributed by atoms with E-state index in [9.17, 15) is 15.2 Å². The van der Waals surface area contributed by atoms with E-state index in [4.69, 9.17) is 0 Å². The Hall–Kier alpha value is -2.41. The minimum atomic E-state index is -1.17. The lowest BCUT2D eigenvalue weighted by Gasteiger charge is -2.22. The average molecular weight is 276 g/mol. The fourth-order valence-corrected chi connectivity index (χ4v) is 1.85. The zero-order valence-corrected chi connectivity index (χ0v) is 11.3. The second-order valence-electron chi connectivity index (χ2n) is 4.80. The summed E-state index contributed by atoms with van der Waals surface area (Å²) >= 11 is 0. The van der Waals surface area contributed by atoms with Crippen molar-refractivity contribution in [3.8, 4) is 0 Å². The van der Waals surface area contributed by atoms with Crippen LogP contribution in [0, 0.1) is 10.1 Å². The number of nitrogens with zero attached hydrogens (tertiary/aromatic N) is 3. The molecule has 0 saturated carbocycles. The molecule has 0 fully saturated rings. The smallest absolute Gasteiger partial charge is 0.292 e. The Labute approximate surface area is 116 Å². The van der Waals surface area contributed by atoms with Crippen LogP contribution in [-0.2, 0) is 12.6 Å². The Morgan fingerprint density at radius 2 is 2.20 bits per heavy atom. The molecule has 1 atom stereocenters. The molecular weight excluding hydrogens is 260 g/mol. The van der Waals surface area contributed by atoms with E-state index in [2.05, 4.69) is 10.4 Å². The van der Waals surface area contributed by atoms with Crippen molar-refractivity contribution in [2.45, 2.75) is 12.5 Å². The Balaban J connectivity index is 2.14. The van der Waals surface area contributed by atoms with E-state index in [0.717, 1.165) is 0 Å². The van der Waals surface area contributed by atoms with Crippen molar-refractivity contribution < 1.29 is 10.0 Å². The number of benzene rings is 1. The van der Waals surface area contributed by atoms with E-state index in [-0.39, 0.29) is 12.2 Å². The van der Waals surface area contributed by atoms with Gasteiger partial charge in [-0.1, -0.05) is 12.1 Å². The van der Waals surface area contributed by atoms with Gasteiger partial charge in [-0.05, 0) is 13.0 Å². The number of aryl methyl sites for hydroxylation is 1. The number of nitro benzene ring substituents is 1. The Kier molecular flexibility index (Phi) is 3.71. The second kappa shape index (κ2) is 5.30. The molecule has 1 aromatic carbocycles. The van der Waals surface area contributed by atoms with Gasteiger partial charge in [0, 0.05) is 31.4 Å². The molecule has 7 heteroatoms. The Bertz CT molecular complexity index is 622. The highest BCUT2D eigenvalue weighted by atomic mass is 16.6. The lowest BCUT2D eigenvalue weighted by molar-refractivity contribution is -0.384. The van der Waals surface area contributed by atoms with E-state index >= 15 is 0 Å². The summed E-state index contributed by atoms with van der Waals surface area (Å²) in [7, 11) is 1.76. The minimum Gasteiger partial charge on any atom is -0.383 e. The van der Waals surface area contributed by atoms with Gasteiger partial charge in [0.2, 0.25) is 0 Å². The van der Waals surface area contributed by atoms with Gasteiger partial charge in [-0.2, -0.15) is 5.10 Å². The number of rotatable bonds is 5. The third kappa shape index (κ3) is 2.94. The fourth-order valence-electron chi connectivity index (χ4n) is 1.85. The van der Waals surface area contributed by atoms with Crippen LogP contribution in [0.15, 0.2) is 36.7 Å². The van der Waals surface area contributed by atoms with E-state index < -0.39 is 10.5 Å². The first-order valence-electron chi connectivity index (χ1n) is 6.09. The zero-order valence-electron chi connectivity index (χ0n) is 11.3. The summed E-state index contributed by atoms with van der Waals surface area (Å²) < 4.78 is 1.59. The van der Waals surface area contributed by atoms with Gasteiger partial charge in [-0.15, -0.1) is 0 Å². The molecule has 0 amide bonds. The maximum atomic E-state index is 10.9. The Morgan fingerprint density at radius 1 is 1.50 bits per heavy atom. The fraction of sp³-hybridized carbons (Fsp3) is 0.308. The van der Waals surface area contributed by atoms with Gasteiger partial charge in [0.1, 0.15) is 11.3 Å². The molecule has 0 aliphatic carbocycles. The van der Waals surface area contributed by atoms with E-state index in [1.807, 2.05) is 0 Å². The molecule has 1 aromatic heterocycles. The van der Waals surface area contributed by atoms with Gasteiger partial charge in [-0.25, -0.2) is 0 Å². The molecule has 0 spiro atoms. The summed E-state index contributed by atoms with van der Waals surface area (Å²) in [6, 6.07) is 6.33. The number of hydrogen-bond donors (Lipinski definition) is 2. The van der Waals surface area contributed by atoms with Crippen molar-refractivity contribution >= 4 is 11.4 Å². The molecule has 0 aliphatic rings. The second-order valence-corrected chi connectivity index (χ2v) is 4.80. The normalized spacial score (nSPS) is 13.8. The number of nitrogens with one attached hydrogen (secondary N) is 1. The van der Waals surface area contributed by atoms with E-state index in [1.54, 1.807) is 49.2 Å². The molecular formula is C13H16N4O3. The summed E-state index contributed by atoms with van der Waals surface area (Å²) in [6.07, 6.45) is 3.28. The quantitative estimate of drug-likeness (QED) is 0.639. The van der Waals surface area contributed by atoms with Crippen LogP contribution in [0.25, 0.3) is 0 Å². The largest absolute Gasteiger partial charge is 0.383 e. The number of nitro groups is 1. The number of para-hydroxylation sites is 2. The predicted molar refractivity (Wildman–Crippen MR) is 74.4 cm³/mol. The molecule has 2 aromatic rings. The molecule has 0 unspecified atom stereocenters. The van der Waals surface area contributed by atoms with Gasteiger partial charge >= 0.3 is 0 Å². The van der Waals surface area contributed by atoms with Crippen LogP contribution in [0.4, 0.5) is 11.4 Å². The lowest BCUT2D eigenvalue weighted by atomic mass is 9.99. The number of aliphatic hydroxyl groups is 1. The molecule has 20 heavy (non-hydrogen) atoms. The SMILES string of the molecule is Cn1cc([C@](C)(O)CNc2ccccc2[N+](=O)[O-])cn1. The van der Waals surface area contributed by atoms with Crippen LogP contribution < -0.4 is 5.32 Å². The van der Waals surface area contributed by atoms with E-state index in [0.29, 0.717) is 11.3 Å². The van der Waals surface area contributed by atoms with Crippen molar-refractivity contribution in [3.63, 3.8) is 0 Å². The first-order valence-corrected chi connectivity index (χ1v) is 6.09. The summed E-state index contributed by atoms with van der Waals surface area (Å²) in [6.45, 7) is 1.77. The maximum Gasteiger partial charge on any atom is 0.292 e. The molecule has 0 aliphatic heterocycles. The predicted octanol–water partition coefficient (Wildman–Crippen LogP) is 1.65. The highest BCUT2D eigenvalue weighted by Gasteiger charge is 2.25. The van der Waals surface area contributed by atoms with Gasteiger partial charge in [-0.3, -0.25) is 14.8 Å². The van der Waals surface area contributed by atoms with Crippen molar-refractivity contribution in [2.75, 3.05) is 11.9 Å².